The summed E-state index contributed by atoms with van der Waals surface area (Å²) in [6, 6.07) is 11.0. The lowest BCUT2D eigenvalue weighted by Crippen LogP contribution is -2.47. The maximum absolute atomic E-state index is 12.7. The molecule has 2 aliphatic heterocycles. The molecular weight excluding hydrogens is 426 g/mol. The SMILES string of the molecule is CCOC(=O)C1=C(C)N(CC)C(=O)NC1c1ccc(NC(=O)c2ccc3c(c2)OCO3)cc1. The molecule has 4 rings (SSSR count). The van der Waals surface area contributed by atoms with Gasteiger partial charge in [-0.1, -0.05) is 12.1 Å². The highest BCUT2D eigenvalue weighted by Gasteiger charge is 2.35. The zero-order valence-corrected chi connectivity index (χ0v) is 18.6. The summed E-state index contributed by atoms with van der Waals surface area (Å²) in [4.78, 5) is 39.4. The van der Waals surface area contributed by atoms with Crippen molar-refractivity contribution in [3.05, 3.63) is 64.9 Å². The van der Waals surface area contributed by atoms with Gasteiger partial charge in [-0.15, -0.1) is 0 Å². The molecule has 1 atom stereocenters. The highest BCUT2D eigenvalue weighted by atomic mass is 16.7. The number of amides is 3. The van der Waals surface area contributed by atoms with Gasteiger partial charge in [-0.25, -0.2) is 9.59 Å². The fraction of sp³-hybridized carbons (Fsp3) is 0.292. The molecule has 3 amide bonds. The van der Waals surface area contributed by atoms with Crippen LogP contribution in [0.25, 0.3) is 0 Å². The fourth-order valence-electron chi connectivity index (χ4n) is 3.89. The molecular formula is C24H25N3O6. The number of fused-ring (bicyclic) bond motifs is 1. The smallest absolute Gasteiger partial charge is 0.338 e. The topological polar surface area (TPSA) is 106 Å². The Morgan fingerprint density at radius 2 is 1.85 bits per heavy atom. The first-order valence-corrected chi connectivity index (χ1v) is 10.7. The minimum Gasteiger partial charge on any atom is -0.463 e. The number of urea groups is 1. The van der Waals surface area contributed by atoms with Crippen LogP contribution in [0.5, 0.6) is 11.5 Å². The molecule has 172 valence electrons. The Labute approximate surface area is 191 Å². The first kappa shape index (κ1) is 22.2. The molecule has 33 heavy (non-hydrogen) atoms. The third kappa shape index (κ3) is 4.34. The number of anilines is 1. The Balaban J connectivity index is 1.55. The van der Waals surface area contributed by atoms with Gasteiger partial charge in [0, 0.05) is 23.5 Å². The summed E-state index contributed by atoms with van der Waals surface area (Å²) in [5, 5.41) is 5.71. The molecule has 9 heteroatoms. The second-order valence-electron chi connectivity index (χ2n) is 7.49. The summed E-state index contributed by atoms with van der Waals surface area (Å²) in [5.74, 6) is 0.362. The molecule has 2 aromatic carbocycles. The number of allylic oxidation sites excluding steroid dienone is 1. The van der Waals surface area contributed by atoms with E-state index >= 15 is 0 Å². The summed E-state index contributed by atoms with van der Waals surface area (Å²) in [7, 11) is 0. The number of ether oxygens (including phenoxy) is 3. The quantitative estimate of drug-likeness (QED) is 0.650. The molecule has 0 fully saturated rings. The van der Waals surface area contributed by atoms with Crippen molar-refractivity contribution >= 4 is 23.6 Å². The molecule has 0 saturated carbocycles. The first-order chi connectivity index (χ1) is 15.9. The van der Waals surface area contributed by atoms with Gasteiger partial charge in [0.25, 0.3) is 5.91 Å². The van der Waals surface area contributed by atoms with Crippen LogP contribution in [0.2, 0.25) is 0 Å². The van der Waals surface area contributed by atoms with Gasteiger partial charge in [0.2, 0.25) is 6.79 Å². The predicted molar refractivity (Wildman–Crippen MR) is 120 cm³/mol. The van der Waals surface area contributed by atoms with E-state index in [2.05, 4.69) is 10.6 Å². The van der Waals surface area contributed by atoms with Gasteiger partial charge in [-0.05, 0) is 56.7 Å². The molecule has 2 aliphatic rings. The van der Waals surface area contributed by atoms with E-state index in [1.54, 1.807) is 56.3 Å². The lowest BCUT2D eigenvalue weighted by Gasteiger charge is -2.34. The Bertz CT molecular complexity index is 1130. The number of rotatable bonds is 6. The summed E-state index contributed by atoms with van der Waals surface area (Å²) in [6.45, 7) is 6.10. The first-order valence-electron chi connectivity index (χ1n) is 10.7. The standard InChI is InChI=1S/C24H25N3O6/c1-4-27-14(3)20(23(29)31-5-2)21(26-24(27)30)15-6-9-17(10-7-15)25-22(28)16-8-11-18-19(12-16)33-13-32-18/h6-12,21H,4-5,13H2,1-3H3,(H,25,28)(H,26,30). The Kier molecular flexibility index (Phi) is 6.21. The second-order valence-corrected chi connectivity index (χ2v) is 7.49. The normalized spacial score (nSPS) is 17.0. The van der Waals surface area contributed by atoms with Crippen molar-refractivity contribution in [2.45, 2.75) is 26.8 Å². The molecule has 2 heterocycles. The summed E-state index contributed by atoms with van der Waals surface area (Å²) >= 11 is 0. The van der Waals surface area contributed by atoms with Crippen molar-refractivity contribution in [1.82, 2.24) is 10.2 Å². The van der Waals surface area contributed by atoms with E-state index in [0.29, 0.717) is 46.1 Å². The maximum Gasteiger partial charge on any atom is 0.338 e. The average Bonchev–Trinajstić information content (AvgIpc) is 3.27. The average molecular weight is 451 g/mol. The van der Waals surface area contributed by atoms with E-state index < -0.39 is 12.0 Å². The molecule has 0 spiro atoms. The molecule has 2 aromatic rings. The van der Waals surface area contributed by atoms with E-state index in [1.165, 1.54) is 4.90 Å². The second kappa shape index (κ2) is 9.23. The van der Waals surface area contributed by atoms with Crippen molar-refractivity contribution in [1.29, 1.82) is 0 Å². The molecule has 2 N–H and O–H groups in total. The van der Waals surface area contributed by atoms with Gasteiger partial charge in [0.15, 0.2) is 11.5 Å². The van der Waals surface area contributed by atoms with Gasteiger partial charge in [0.05, 0.1) is 18.2 Å². The Morgan fingerprint density at radius 1 is 1.12 bits per heavy atom. The molecule has 0 saturated heterocycles. The van der Waals surface area contributed by atoms with E-state index in [9.17, 15) is 14.4 Å². The molecule has 0 aromatic heterocycles. The Hall–Kier alpha value is -4.01. The van der Waals surface area contributed by atoms with Gasteiger partial charge >= 0.3 is 12.0 Å². The maximum atomic E-state index is 12.7. The number of carbonyl (C=O) groups excluding carboxylic acids is 3. The van der Waals surface area contributed by atoms with E-state index in [1.807, 2.05) is 6.92 Å². The predicted octanol–water partition coefficient (Wildman–Crippen LogP) is 3.59. The molecule has 1 unspecified atom stereocenters. The van der Waals surface area contributed by atoms with Gasteiger partial charge in [-0.2, -0.15) is 0 Å². The minimum absolute atomic E-state index is 0.136. The number of esters is 1. The van der Waals surface area contributed by atoms with Crippen molar-refractivity contribution in [2.75, 3.05) is 25.3 Å². The number of hydrogen-bond acceptors (Lipinski definition) is 6. The lowest BCUT2D eigenvalue weighted by molar-refractivity contribution is -0.139. The van der Waals surface area contributed by atoms with E-state index in [-0.39, 0.29) is 25.3 Å². The van der Waals surface area contributed by atoms with Crippen LogP contribution in [0.3, 0.4) is 0 Å². The molecule has 9 nitrogen and oxygen atoms in total. The van der Waals surface area contributed by atoms with Crippen LogP contribution < -0.4 is 20.1 Å². The highest BCUT2D eigenvalue weighted by molar-refractivity contribution is 6.04. The summed E-state index contributed by atoms with van der Waals surface area (Å²) < 4.78 is 15.8. The number of hydrogen-bond donors (Lipinski definition) is 2. The van der Waals surface area contributed by atoms with E-state index in [0.717, 1.165) is 0 Å². The summed E-state index contributed by atoms with van der Waals surface area (Å²) in [5.41, 5.74) is 2.64. The summed E-state index contributed by atoms with van der Waals surface area (Å²) in [6.07, 6.45) is 0. The molecule has 0 aliphatic carbocycles. The monoisotopic (exact) mass is 451 g/mol. The van der Waals surface area contributed by atoms with Crippen molar-refractivity contribution < 1.29 is 28.6 Å². The minimum atomic E-state index is -0.655. The fourth-order valence-corrected chi connectivity index (χ4v) is 3.89. The molecule has 0 radical (unpaired) electrons. The van der Waals surface area contributed by atoms with Crippen LogP contribution in [0.1, 0.15) is 42.7 Å². The third-order valence-corrected chi connectivity index (χ3v) is 5.54. The van der Waals surface area contributed by atoms with Crippen LogP contribution in [0.15, 0.2) is 53.7 Å². The zero-order chi connectivity index (χ0) is 23.5. The lowest BCUT2D eigenvalue weighted by atomic mass is 9.94. The van der Waals surface area contributed by atoms with Crippen LogP contribution >= 0.6 is 0 Å². The number of benzene rings is 2. The number of carbonyl (C=O) groups is 3. The van der Waals surface area contributed by atoms with Gasteiger partial charge in [-0.3, -0.25) is 9.69 Å². The van der Waals surface area contributed by atoms with Crippen LogP contribution in [-0.2, 0) is 9.53 Å². The van der Waals surface area contributed by atoms with Crippen molar-refractivity contribution in [3.63, 3.8) is 0 Å². The number of nitrogens with zero attached hydrogens (tertiary/aromatic N) is 1. The van der Waals surface area contributed by atoms with Crippen molar-refractivity contribution in [3.8, 4) is 11.5 Å². The van der Waals surface area contributed by atoms with Crippen molar-refractivity contribution in [2.24, 2.45) is 0 Å². The zero-order valence-electron chi connectivity index (χ0n) is 18.6. The Morgan fingerprint density at radius 3 is 2.55 bits per heavy atom. The van der Waals surface area contributed by atoms with Crippen LogP contribution in [0.4, 0.5) is 10.5 Å². The van der Waals surface area contributed by atoms with Gasteiger partial charge in [0.1, 0.15) is 0 Å². The van der Waals surface area contributed by atoms with Crippen LogP contribution in [0, 0.1) is 0 Å². The third-order valence-electron chi connectivity index (χ3n) is 5.54. The van der Waals surface area contributed by atoms with Gasteiger partial charge < -0.3 is 24.8 Å². The number of nitrogens with one attached hydrogen (secondary N) is 2. The van der Waals surface area contributed by atoms with Crippen LogP contribution in [-0.4, -0.2) is 42.8 Å². The van der Waals surface area contributed by atoms with E-state index in [4.69, 9.17) is 14.2 Å². The largest absolute Gasteiger partial charge is 0.463 e. The molecule has 0 bridgehead atoms. The highest BCUT2D eigenvalue weighted by Crippen LogP contribution is 2.33.